The largest absolute Gasteiger partial charge is 0.0604 e. The van der Waals surface area contributed by atoms with Crippen molar-refractivity contribution in [1.82, 2.24) is 0 Å². The van der Waals surface area contributed by atoms with Crippen LogP contribution < -0.4 is 0 Å². The fourth-order valence-electron chi connectivity index (χ4n) is 0. The zero-order valence-corrected chi connectivity index (χ0v) is 3.41. The van der Waals surface area contributed by atoms with E-state index in [9.17, 15) is 0 Å². The summed E-state index contributed by atoms with van der Waals surface area (Å²) in [6.45, 7) is -1.16. The van der Waals surface area contributed by atoms with Crippen LogP contribution in [0.3, 0.4) is 0 Å². The van der Waals surface area contributed by atoms with E-state index < -0.39 is 12.3 Å². The van der Waals surface area contributed by atoms with Gasteiger partial charge in [-0.15, -0.1) is 0 Å². The van der Waals surface area contributed by atoms with E-state index in [0.29, 0.717) is 0 Å². The summed E-state index contributed by atoms with van der Waals surface area (Å²) in [4.78, 5) is 0. The predicted molar refractivity (Wildman–Crippen MR) is 25.1 cm³/mol. The first kappa shape index (κ1) is 0.988. The van der Waals surface area contributed by atoms with Crippen LogP contribution in [-0.4, -0.2) is 0 Å². The maximum Gasteiger partial charge on any atom is 0.0236 e. The van der Waals surface area contributed by atoms with E-state index in [1.165, 1.54) is 6.92 Å². The lowest BCUT2D eigenvalue weighted by molar-refractivity contribution is 0.469. The Morgan fingerprint density at radius 1 is 1.60 bits per heavy atom. The SMILES string of the molecule is [2H]CC(C)(C[2H])C([2H])([2H])[2H]. The second-order valence-corrected chi connectivity index (χ2v) is 1.56. The standard InChI is InChI=1S/C5H12/c1-5(2,3)4/h1-4H3/i1D,2D,3D3. The Labute approximate surface area is 41.2 Å². The second kappa shape index (κ2) is 1.00. The van der Waals surface area contributed by atoms with Gasteiger partial charge in [0, 0.05) is 6.85 Å². The number of hydrogen-bond acceptors (Lipinski definition) is 0. The molecule has 0 saturated heterocycles. The van der Waals surface area contributed by atoms with Gasteiger partial charge in [-0.25, -0.2) is 0 Å². The van der Waals surface area contributed by atoms with Gasteiger partial charge in [0.15, 0.2) is 0 Å². The molecule has 0 rings (SSSR count). The molecule has 0 amide bonds. The van der Waals surface area contributed by atoms with E-state index in [2.05, 4.69) is 0 Å². The minimum absolute atomic E-state index is 0.215. The summed E-state index contributed by atoms with van der Waals surface area (Å²) in [5.41, 5.74) is -1.15. The van der Waals surface area contributed by atoms with Crippen molar-refractivity contribution in [3.8, 4) is 0 Å². The molecule has 0 aliphatic carbocycles. The van der Waals surface area contributed by atoms with Gasteiger partial charge in [-0.2, -0.15) is 0 Å². The van der Waals surface area contributed by atoms with E-state index in [1.54, 1.807) is 0 Å². The predicted octanol–water partition coefficient (Wildman–Crippen LogP) is 2.05. The van der Waals surface area contributed by atoms with E-state index in [4.69, 9.17) is 6.85 Å². The van der Waals surface area contributed by atoms with Crippen LogP contribution in [0, 0.1) is 5.41 Å². The van der Waals surface area contributed by atoms with Crippen LogP contribution in [0.15, 0.2) is 0 Å². The fraction of sp³-hybridized carbons (Fsp3) is 1.00. The topological polar surface area (TPSA) is 0 Å². The summed E-state index contributed by atoms with van der Waals surface area (Å²) in [7, 11) is 0. The maximum atomic E-state index is 6.98. The van der Waals surface area contributed by atoms with Crippen molar-refractivity contribution < 1.29 is 6.85 Å². The molecule has 0 aromatic heterocycles. The average molecular weight is 77.2 g/mol. The summed E-state index contributed by atoms with van der Waals surface area (Å²) in [5, 5.41) is 0. The Hall–Kier alpha value is 0. The zero-order chi connectivity index (χ0) is 8.41. The minimum atomic E-state index is -2.17. The Bertz CT molecular complexity index is 101. The molecule has 0 fully saturated rings. The van der Waals surface area contributed by atoms with E-state index in [0.717, 1.165) is 0 Å². The van der Waals surface area contributed by atoms with E-state index >= 15 is 0 Å². The second-order valence-electron chi connectivity index (χ2n) is 1.56. The molecule has 0 nitrogen and oxygen atoms in total. The Kier molecular flexibility index (Phi) is 0.198. The van der Waals surface area contributed by atoms with Crippen molar-refractivity contribution in [3.63, 3.8) is 0 Å². The van der Waals surface area contributed by atoms with Crippen molar-refractivity contribution >= 4 is 0 Å². The molecule has 0 saturated carbocycles. The Morgan fingerprint density at radius 3 is 2.20 bits per heavy atom. The van der Waals surface area contributed by atoms with Crippen molar-refractivity contribution in [2.24, 2.45) is 5.41 Å². The van der Waals surface area contributed by atoms with Crippen molar-refractivity contribution in [3.05, 3.63) is 0 Å². The first-order chi connectivity index (χ1) is 4.37. The molecule has 0 aromatic rings. The minimum Gasteiger partial charge on any atom is -0.0604 e. The maximum absolute atomic E-state index is 6.98. The molecule has 0 aromatic carbocycles. The molecule has 5 heavy (non-hydrogen) atoms. The van der Waals surface area contributed by atoms with Gasteiger partial charge in [0.05, 0.1) is 0 Å². The lowest BCUT2D eigenvalue weighted by atomic mass is 10.0. The average Bonchev–Trinajstić information content (AvgIpc) is 1.84. The first-order valence-corrected chi connectivity index (χ1v) is 1.46. The summed E-state index contributed by atoms with van der Waals surface area (Å²) in [5.74, 6) is 0. The molecule has 0 radical (unpaired) electrons. The third-order valence-corrected chi connectivity index (χ3v) is 0. The van der Waals surface area contributed by atoms with Gasteiger partial charge in [-0.1, -0.05) is 27.6 Å². The molecule has 0 spiro atoms. The molecule has 32 valence electrons. The fourth-order valence-corrected chi connectivity index (χ4v) is 0. The third-order valence-electron chi connectivity index (χ3n) is 0. The summed E-state index contributed by atoms with van der Waals surface area (Å²) >= 11 is 0. The third kappa shape index (κ3) is 0. The summed E-state index contributed by atoms with van der Waals surface area (Å²) in [6.07, 6.45) is 0. The molecule has 0 atom stereocenters. The highest BCUT2D eigenvalue weighted by Crippen LogP contribution is 2.07. The van der Waals surface area contributed by atoms with Crippen LogP contribution in [-0.2, 0) is 0 Å². The molecule has 0 bridgehead atoms. The van der Waals surface area contributed by atoms with Crippen molar-refractivity contribution in [2.75, 3.05) is 0 Å². The first-order valence-electron chi connectivity index (χ1n) is 4.37. The summed E-state index contributed by atoms with van der Waals surface area (Å²) < 4.78 is 34.8. The van der Waals surface area contributed by atoms with Crippen LogP contribution in [0.5, 0.6) is 0 Å². The van der Waals surface area contributed by atoms with Crippen LogP contribution >= 0.6 is 0 Å². The van der Waals surface area contributed by atoms with Crippen LogP contribution in [0.25, 0.3) is 0 Å². The van der Waals surface area contributed by atoms with Gasteiger partial charge < -0.3 is 0 Å². The zero-order valence-electron chi connectivity index (χ0n) is 8.41. The molecule has 0 heteroatoms. The van der Waals surface area contributed by atoms with E-state index in [-0.39, 0.29) is 13.8 Å². The van der Waals surface area contributed by atoms with Gasteiger partial charge in [-0.05, 0) is 5.41 Å². The monoisotopic (exact) mass is 77.1 g/mol. The lowest BCUT2D eigenvalue weighted by Crippen LogP contribution is -1.93. The van der Waals surface area contributed by atoms with Gasteiger partial charge in [0.2, 0.25) is 0 Å². The van der Waals surface area contributed by atoms with Gasteiger partial charge in [-0.3, -0.25) is 0 Å². The van der Waals surface area contributed by atoms with Crippen molar-refractivity contribution in [1.29, 1.82) is 0 Å². The molecular weight excluding hydrogens is 60.1 g/mol. The van der Waals surface area contributed by atoms with Crippen molar-refractivity contribution in [2.45, 2.75) is 27.6 Å². The molecular formula is C5H12. The molecule has 0 aliphatic heterocycles. The molecule has 0 N–H and O–H groups in total. The molecule has 0 aliphatic rings. The highest BCUT2D eigenvalue weighted by atomic mass is 14.0. The summed E-state index contributed by atoms with van der Waals surface area (Å²) in [6, 6.07) is 0. The van der Waals surface area contributed by atoms with Gasteiger partial charge in [0.25, 0.3) is 0 Å². The quantitative estimate of drug-likeness (QED) is 0.415. The van der Waals surface area contributed by atoms with Gasteiger partial charge >= 0.3 is 0 Å². The molecule has 0 unspecified atom stereocenters. The van der Waals surface area contributed by atoms with Crippen LogP contribution in [0.1, 0.15) is 34.4 Å². The lowest BCUT2D eigenvalue weighted by Gasteiger charge is -2.05. The normalized spacial score (nSPS) is 28.6. The highest BCUT2D eigenvalue weighted by Gasteiger charge is 1.95. The highest BCUT2D eigenvalue weighted by molar-refractivity contribution is 4.47. The number of hydrogen-bond donors (Lipinski definition) is 0. The van der Waals surface area contributed by atoms with Crippen LogP contribution in [0.4, 0.5) is 0 Å². The Balaban J connectivity index is 4.33. The van der Waals surface area contributed by atoms with E-state index in [1.807, 2.05) is 0 Å². The van der Waals surface area contributed by atoms with Crippen LogP contribution in [0.2, 0.25) is 0 Å². The van der Waals surface area contributed by atoms with Gasteiger partial charge in [0.1, 0.15) is 0 Å². The number of rotatable bonds is 0. The Morgan fingerprint density at radius 2 is 2.20 bits per heavy atom. The molecule has 0 heterocycles. The smallest absolute Gasteiger partial charge is 0.0236 e.